The molecule has 1 saturated heterocycles. The van der Waals surface area contributed by atoms with E-state index in [9.17, 15) is 8.42 Å². The van der Waals surface area contributed by atoms with Crippen molar-refractivity contribution in [3.63, 3.8) is 0 Å². The van der Waals surface area contributed by atoms with Crippen molar-refractivity contribution < 1.29 is 8.42 Å². The maximum atomic E-state index is 11.1. The molecule has 0 spiro atoms. The molecule has 0 aliphatic carbocycles. The fraction of sp³-hybridized carbons (Fsp3) is 1.00. The van der Waals surface area contributed by atoms with Crippen molar-refractivity contribution in [3.05, 3.63) is 0 Å². The third-order valence-corrected chi connectivity index (χ3v) is 3.36. The molecule has 1 rings (SSSR count). The van der Waals surface area contributed by atoms with Gasteiger partial charge in [-0.15, -0.1) is 0 Å². The maximum absolute atomic E-state index is 11.1. The number of rotatable bonds is 1. The summed E-state index contributed by atoms with van der Waals surface area (Å²) in [6, 6.07) is 0. The molecule has 0 saturated carbocycles. The van der Waals surface area contributed by atoms with E-state index >= 15 is 0 Å². The number of sulfonamides is 1. The third-order valence-electron chi connectivity index (χ3n) is 2.09. The molecule has 0 amide bonds. The van der Waals surface area contributed by atoms with Gasteiger partial charge in [-0.05, 0) is 18.8 Å². The summed E-state index contributed by atoms with van der Waals surface area (Å²) >= 11 is 0. The van der Waals surface area contributed by atoms with Gasteiger partial charge < -0.3 is 0 Å². The molecule has 3 nitrogen and oxygen atoms in total. The van der Waals surface area contributed by atoms with Gasteiger partial charge in [0.25, 0.3) is 0 Å². The van der Waals surface area contributed by atoms with Crippen LogP contribution in [0.3, 0.4) is 0 Å². The molecule has 0 bridgehead atoms. The second-order valence-corrected chi connectivity index (χ2v) is 5.35. The van der Waals surface area contributed by atoms with E-state index in [1.54, 1.807) is 4.31 Å². The van der Waals surface area contributed by atoms with Crippen LogP contribution in [0.4, 0.5) is 0 Å². The predicted molar refractivity (Wildman–Crippen MR) is 44.8 cm³/mol. The van der Waals surface area contributed by atoms with E-state index in [4.69, 9.17) is 0 Å². The molecule has 4 heteroatoms. The van der Waals surface area contributed by atoms with Crippen LogP contribution < -0.4 is 0 Å². The molecule has 1 aliphatic rings. The number of nitrogens with zero attached hydrogens (tertiary/aromatic N) is 1. The Morgan fingerprint density at radius 1 is 1.45 bits per heavy atom. The summed E-state index contributed by atoms with van der Waals surface area (Å²) in [5.74, 6) is 0.526. The summed E-state index contributed by atoms with van der Waals surface area (Å²) < 4.78 is 23.7. The second kappa shape index (κ2) is 3.11. The molecule has 1 aliphatic heterocycles. The Bertz CT molecular complexity index is 223. The van der Waals surface area contributed by atoms with E-state index in [1.165, 1.54) is 6.26 Å². The zero-order chi connectivity index (χ0) is 8.48. The van der Waals surface area contributed by atoms with E-state index in [-0.39, 0.29) is 0 Å². The van der Waals surface area contributed by atoms with E-state index in [0.29, 0.717) is 19.0 Å². The topological polar surface area (TPSA) is 37.4 Å². The Balaban J connectivity index is 2.60. The number of hydrogen-bond donors (Lipinski definition) is 0. The normalized spacial score (nSPS) is 28.7. The average molecular weight is 177 g/mol. The zero-order valence-corrected chi connectivity index (χ0v) is 7.89. The lowest BCUT2D eigenvalue weighted by Gasteiger charge is -2.28. The summed E-state index contributed by atoms with van der Waals surface area (Å²) in [5.41, 5.74) is 0. The second-order valence-electron chi connectivity index (χ2n) is 3.37. The molecular weight excluding hydrogens is 162 g/mol. The Kier molecular flexibility index (Phi) is 2.54. The molecule has 1 atom stereocenters. The van der Waals surface area contributed by atoms with Gasteiger partial charge in [0.1, 0.15) is 0 Å². The van der Waals surface area contributed by atoms with Crippen LogP contribution in [0.5, 0.6) is 0 Å². The Morgan fingerprint density at radius 2 is 2.09 bits per heavy atom. The fourth-order valence-electron chi connectivity index (χ4n) is 1.45. The first-order valence-electron chi connectivity index (χ1n) is 3.95. The van der Waals surface area contributed by atoms with E-state index < -0.39 is 10.0 Å². The van der Waals surface area contributed by atoms with Crippen LogP contribution in [0.25, 0.3) is 0 Å². The number of piperidine rings is 1. The SMILES string of the molecule is C[C@@H]1CCCN(S(C)(=O)=O)C1. The minimum Gasteiger partial charge on any atom is -0.213 e. The summed E-state index contributed by atoms with van der Waals surface area (Å²) in [4.78, 5) is 0. The molecule has 0 aromatic rings. The zero-order valence-electron chi connectivity index (χ0n) is 7.08. The molecule has 1 fully saturated rings. The first-order valence-corrected chi connectivity index (χ1v) is 5.80. The summed E-state index contributed by atoms with van der Waals surface area (Å²) in [6.45, 7) is 3.51. The molecule has 0 unspecified atom stereocenters. The van der Waals surface area contributed by atoms with E-state index in [1.807, 2.05) is 0 Å². The summed E-state index contributed by atoms with van der Waals surface area (Å²) in [7, 11) is -2.93. The van der Waals surface area contributed by atoms with Gasteiger partial charge in [0.2, 0.25) is 10.0 Å². The van der Waals surface area contributed by atoms with Crippen molar-refractivity contribution in [3.8, 4) is 0 Å². The summed E-state index contributed by atoms with van der Waals surface area (Å²) in [6.07, 6.45) is 3.45. The smallest absolute Gasteiger partial charge is 0.211 e. The Labute approximate surface area is 68.4 Å². The maximum Gasteiger partial charge on any atom is 0.211 e. The highest BCUT2D eigenvalue weighted by Gasteiger charge is 2.22. The highest BCUT2D eigenvalue weighted by atomic mass is 32.2. The lowest BCUT2D eigenvalue weighted by molar-refractivity contribution is 0.283. The highest BCUT2D eigenvalue weighted by Crippen LogP contribution is 2.17. The van der Waals surface area contributed by atoms with E-state index in [2.05, 4.69) is 6.92 Å². The standard InChI is InChI=1S/C7H15NO2S/c1-7-4-3-5-8(6-7)11(2,9)10/h7H,3-6H2,1-2H3/t7-/m1/s1. The third kappa shape index (κ3) is 2.45. The molecule has 0 aromatic heterocycles. The van der Waals surface area contributed by atoms with Crippen LogP contribution in [-0.2, 0) is 10.0 Å². The molecule has 0 N–H and O–H groups in total. The first-order chi connectivity index (χ1) is 5.00. The van der Waals surface area contributed by atoms with E-state index in [0.717, 1.165) is 12.8 Å². The van der Waals surface area contributed by atoms with Crippen molar-refractivity contribution in [2.45, 2.75) is 19.8 Å². The van der Waals surface area contributed by atoms with Gasteiger partial charge in [-0.3, -0.25) is 0 Å². The minimum absolute atomic E-state index is 0.526. The first kappa shape index (κ1) is 9.00. The van der Waals surface area contributed by atoms with Crippen LogP contribution in [0, 0.1) is 5.92 Å². The van der Waals surface area contributed by atoms with Crippen molar-refractivity contribution in [2.75, 3.05) is 19.3 Å². The highest BCUT2D eigenvalue weighted by molar-refractivity contribution is 7.88. The largest absolute Gasteiger partial charge is 0.213 e. The Morgan fingerprint density at radius 3 is 2.45 bits per heavy atom. The fourth-order valence-corrected chi connectivity index (χ4v) is 2.43. The van der Waals surface area contributed by atoms with Crippen molar-refractivity contribution in [1.29, 1.82) is 0 Å². The van der Waals surface area contributed by atoms with Gasteiger partial charge in [-0.25, -0.2) is 12.7 Å². The van der Waals surface area contributed by atoms with Gasteiger partial charge in [0.15, 0.2) is 0 Å². The van der Waals surface area contributed by atoms with Crippen molar-refractivity contribution in [2.24, 2.45) is 5.92 Å². The van der Waals surface area contributed by atoms with Crippen LogP contribution in [0.1, 0.15) is 19.8 Å². The lowest BCUT2D eigenvalue weighted by Crippen LogP contribution is -2.38. The van der Waals surface area contributed by atoms with Crippen LogP contribution >= 0.6 is 0 Å². The average Bonchev–Trinajstić information content (AvgIpc) is 1.86. The molecule has 0 radical (unpaired) electrons. The number of hydrogen-bond acceptors (Lipinski definition) is 2. The minimum atomic E-state index is -2.93. The summed E-state index contributed by atoms with van der Waals surface area (Å²) in [5, 5.41) is 0. The lowest BCUT2D eigenvalue weighted by atomic mass is 10.0. The quantitative estimate of drug-likeness (QED) is 0.590. The van der Waals surface area contributed by atoms with Crippen LogP contribution in [0.2, 0.25) is 0 Å². The molecule has 11 heavy (non-hydrogen) atoms. The van der Waals surface area contributed by atoms with Gasteiger partial charge in [-0.2, -0.15) is 0 Å². The Hall–Kier alpha value is -0.0900. The van der Waals surface area contributed by atoms with Crippen molar-refractivity contribution in [1.82, 2.24) is 4.31 Å². The van der Waals surface area contributed by atoms with Gasteiger partial charge in [0, 0.05) is 13.1 Å². The van der Waals surface area contributed by atoms with Crippen LogP contribution in [-0.4, -0.2) is 32.1 Å². The van der Waals surface area contributed by atoms with Crippen LogP contribution in [0.15, 0.2) is 0 Å². The van der Waals surface area contributed by atoms with Gasteiger partial charge in [0.05, 0.1) is 6.26 Å². The van der Waals surface area contributed by atoms with Gasteiger partial charge >= 0.3 is 0 Å². The molecular formula is C7H15NO2S. The molecule has 1 heterocycles. The molecule has 0 aromatic carbocycles. The predicted octanol–water partition coefficient (Wildman–Crippen LogP) is 0.678. The monoisotopic (exact) mass is 177 g/mol. The van der Waals surface area contributed by atoms with Crippen molar-refractivity contribution >= 4 is 10.0 Å². The molecule has 66 valence electrons. The van der Waals surface area contributed by atoms with Gasteiger partial charge in [-0.1, -0.05) is 6.92 Å².